The maximum Gasteiger partial charge on any atom is 0.373 e. The lowest BCUT2D eigenvalue weighted by molar-refractivity contribution is -0.145. The zero-order valence-electron chi connectivity index (χ0n) is 9.12. The Hall–Kier alpha value is -1.32. The van der Waals surface area contributed by atoms with Gasteiger partial charge < -0.3 is 9.47 Å². The number of rotatable bonds is 4. The maximum atomic E-state index is 11.4. The molecule has 15 heavy (non-hydrogen) atoms. The molecule has 0 fully saturated rings. The van der Waals surface area contributed by atoms with Crippen LogP contribution in [0.5, 0.6) is 0 Å². The molecule has 0 radical (unpaired) electrons. The van der Waals surface area contributed by atoms with Gasteiger partial charge in [0.2, 0.25) is 5.76 Å². The van der Waals surface area contributed by atoms with Crippen molar-refractivity contribution < 1.29 is 19.1 Å². The summed E-state index contributed by atoms with van der Waals surface area (Å²) in [7, 11) is 0. The fourth-order valence-electron chi connectivity index (χ4n) is 1.27. The minimum atomic E-state index is -0.539. The van der Waals surface area contributed by atoms with Crippen molar-refractivity contribution in [3.8, 4) is 0 Å². The lowest BCUT2D eigenvalue weighted by Gasteiger charge is -2.19. The third-order valence-corrected chi connectivity index (χ3v) is 2.04. The van der Waals surface area contributed by atoms with E-state index in [2.05, 4.69) is 0 Å². The van der Waals surface area contributed by atoms with Gasteiger partial charge in [-0.3, -0.25) is 4.79 Å². The highest BCUT2D eigenvalue weighted by atomic mass is 16.6. The average molecular weight is 212 g/mol. The Morgan fingerprint density at radius 3 is 3.00 bits per heavy atom. The molecule has 1 heterocycles. The molecule has 4 heteroatoms. The molecule has 1 unspecified atom stereocenters. The summed E-state index contributed by atoms with van der Waals surface area (Å²) in [6.07, 6.45) is 3.08. The predicted octanol–water partition coefficient (Wildman–Crippen LogP) is 1.59. The van der Waals surface area contributed by atoms with E-state index < -0.39 is 5.97 Å². The summed E-state index contributed by atoms with van der Waals surface area (Å²) in [5.41, 5.74) is 0. The normalized spacial score (nSPS) is 20.5. The number of hydrogen-bond acceptors (Lipinski definition) is 4. The molecule has 0 saturated heterocycles. The molecule has 0 aromatic carbocycles. The van der Waals surface area contributed by atoms with Gasteiger partial charge in [0.15, 0.2) is 5.78 Å². The van der Waals surface area contributed by atoms with Crippen LogP contribution in [-0.4, -0.2) is 24.5 Å². The molecule has 0 bridgehead atoms. The molecule has 0 aromatic rings. The van der Waals surface area contributed by atoms with Crippen LogP contribution in [0.3, 0.4) is 0 Å². The summed E-state index contributed by atoms with van der Waals surface area (Å²) in [6.45, 7) is 4.14. The maximum absolute atomic E-state index is 11.4. The summed E-state index contributed by atoms with van der Waals surface area (Å²) in [5.74, 6) is -0.589. The van der Waals surface area contributed by atoms with E-state index >= 15 is 0 Å². The largest absolute Gasteiger partial charge is 0.483 e. The molecule has 0 amide bonds. The smallest absolute Gasteiger partial charge is 0.373 e. The first kappa shape index (κ1) is 11.8. The third kappa shape index (κ3) is 3.73. The molecule has 4 nitrogen and oxygen atoms in total. The van der Waals surface area contributed by atoms with Gasteiger partial charge in [-0.2, -0.15) is 0 Å². The van der Waals surface area contributed by atoms with Gasteiger partial charge in [-0.15, -0.1) is 0 Å². The number of allylic oxidation sites excluding steroid dienone is 1. The lowest BCUT2D eigenvalue weighted by atomic mass is 10.1. The Morgan fingerprint density at radius 2 is 2.40 bits per heavy atom. The molecular formula is C11H16O4. The quantitative estimate of drug-likeness (QED) is 0.524. The van der Waals surface area contributed by atoms with Gasteiger partial charge in [-0.1, -0.05) is 13.3 Å². The topological polar surface area (TPSA) is 52.6 Å². The van der Waals surface area contributed by atoms with E-state index in [1.165, 1.54) is 6.08 Å². The van der Waals surface area contributed by atoms with Gasteiger partial charge >= 0.3 is 5.97 Å². The molecule has 1 aliphatic rings. The Kier molecular flexibility index (Phi) is 4.34. The molecule has 0 aliphatic carbocycles. The number of carbonyl (C=O) groups is 2. The van der Waals surface area contributed by atoms with Crippen molar-refractivity contribution in [1.29, 1.82) is 0 Å². The van der Waals surface area contributed by atoms with Gasteiger partial charge in [0.1, 0.15) is 6.10 Å². The van der Waals surface area contributed by atoms with Crippen molar-refractivity contribution in [1.82, 2.24) is 0 Å². The number of carbonyl (C=O) groups excluding carboxylic acids is 2. The first-order valence-electron chi connectivity index (χ1n) is 5.21. The van der Waals surface area contributed by atoms with Crippen LogP contribution in [0, 0.1) is 0 Å². The highest BCUT2D eigenvalue weighted by molar-refractivity contribution is 5.99. The summed E-state index contributed by atoms with van der Waals surface area (Å²) < 4.78 is 10.1. The van der Waals surface area contributed by atoms with E-state index in [4.69, 9.17) is 9.47 Å². The monoisotopic (exact) mass is 212 g/mol. The second-order valence-electron chi connectivity index (χ2n) is 3.60. The van der Waals surface area contributed by atoms with E-state index in [1.807, 2.05) is 6.92 Å². The Labute approximate surface area is 89.2 Å². The molecule has 84 valence electrons. The molecule has 1 atom stereocenters. The third-order valence-electron chi connectivity index (χ3n) is 2.04. The number of ketones is 1. The summed E-state index contributed by atoms with van der Waals surface area (Å²) in [5, 5.41) is 0. The number of esters is 1. The van der Waals surface area contributed by atoms with Crippen LogP contribution in [-0.2, 0) is 19.1 Å². The highest BCUT2D eigenvalue weighted by Crippen LogP contribution is 2.15. The minimum absolute atomic E-state index is 0.0369. The van der Waals surface area contributed by atoms with Crippen LogP contribution in [0.2, 0.25) is 0 Å². The van der Waals surface area contributed by atoms with Crippen molar-refractivity contribution in [3.63, 3.8) is 0 Å². The lowest BCUT2D eigenvalue weighted by Crippen LogP contribution is -2.24. The van der Waals surface area contributed by atoms with E-state index in [9.17, 15) is 9.59 Å². The number of hydrogen-bond donors (Lipinski definition) is 0. The molecule has 1 aliphatic heterocycles. The molecule has 1 rings (SSSR count). The van der Waals surface area contributed by atoms with Crippen molar-refractivity contribution >= 4 is 11.8 Å². The fraction of sp³-hybridized carbons (Fsp3) is 0.636. The van der Waals surface area contributed by atoms with E-state index in [0.717, 1.165) is 12.8 Å². The van der Waals surface area contributed by atoms with Crippen LogP contribution in [0.25, 0.3) is 0 Å². The predicted molar refractivity (Wildman–Crippen MR) is 54.1 cm³/mol. The van der Waals surface area contributed by atoms with Crippen molar-refractivity contribution in [2.24, 2.45) is 0 Å². The van der Waals surface area contributed by atoms with Gasteiger partial charge in [-0.25, -0.2) is 4.79 Å². The number of ether oxygens (including phenoxy) is 2. The molecular weight excluding hydrogens is 196 g/mol. The first-order chi connectivity index (χ1) is 7.13. The zero-order valence-corrected chi connectivity index (χ0v) is 9.12. The van der Waals surface area contributed by atoms with Gasteiger partial charge in [0.05, 0.1) is 6.61 Å². The average Bonchev–Trinajstić information content (AvgIpc) is 2.16. The molecule has 0 spiro atoms. The van der Waals surface area contributed by atoms with Gasteiger partial charge in [0, 0.05) is 12.5 Å². The SMILES string of the molecule is CCCCOC(=O)C1=CC(=O)CC(C)O1. The van der Waals surface area contributed by atoms with Crippen LogP contribution in [0.4, 0.5) is 0 Å². The van der Waals surface area contributed by atoms with E-state index in [0.29, 0.717) is 13.0 Å². The van der Waals surface area contributed by atoms with Crippen molar-refractivity contribution in [2.75, 3.05) is 6.61 Å². The Balaban J connectivity index is 2.48. The van der Waals surface area contributed by atoms with Crippen molar-refractivity contribution in [2.45, 2.75) is 39.2 Å². The van der Waals surface area contributed by atoms with Gasteiger partial charge in [-0.05, 0) is 13.3 Å². The van der Waals surface area contributed by atoms with Gasteiger partial charge in [0.25, 0.3) is 0 Å². The second kappa shape index (κ2) is 5.53. The van der Waals surface area contributed by atoms with Crippen LogP contribution in [0.15, 0.2) is 11.8 Å². The highest BCUT2D eigenvalue weighted by Gasteiger charge is 2.23. The first-order valence-corrected chi connectivity index (χ1v) is 5.21. The van der Waals surface area contributed by atoms with E-state index in [-0.39, 0.29) is 17.6 Å². The number of unbranched alkanes of at least 4 members (excludes halogenated alkanes) is 1. The zero-order chi connectivity index (χ0) is 11.3. The van der Waals surface area contributed by atoms with Crippen LogP contribution >= 0.6 is 0 Å². The Morgan fingerprint density at radius 1 is 1.67 bits per heavy atom. The van der Waals surface area contributed by atoms with E-state index in [1.54, 1.807) is 6.92 Å². The standard InChI is InChI=1S/C11H16O4/c1-3-4-5-14-11(13)10-7-9(12)6-8(2)15-10/h7-8H,3-6H2,1-2H3. The van der Waals surface area contributed by atoms with Crippen molar-refractivity contribution in [3.05, 3.63) is 11.8 Å². The molecule has 0 saturated carbocycles. The molecule has 0 N–H and O–H groups in total. The van der Waals surface area contributed by atoms with Crippen LogP contribution in [0.1, 0.15) is 33.1 Å². The summed E-state index contributed by atoms with van der Waals surface area (Å²) in [6, 6.07) is 0. The summed E-state index contributed by atoms with van der Waals surface area (Å²) >= 11 is 0. The van der Waals surface area contributed by atoms with Crippen LogP contribution < -0.4 is 0 Å². The minimum Gasteiger partial charge on any atom is -0.483 e. The fourth-order valence-corrected chi connectivity index (χ4v) is 1.27. The Bertz CT molecular complexity index is 280. The summed E-state index contributed by atoms with van der Waals surface area (Å²) in [4.78, 5) is 22.6. The molecule has 0 aromatic heterocycles. The second-order valence-corrected chi connectivity index (χ2v) is 3.60.